The number of benzene rings is 2. The van der Waals surface area contributed by atoms with Gasteiger partial charge >= 0.3 is 0 Å². The Bertz CT molecular complexity index is 728. The molecule has 106 valence electrons. The third-order valence-electron chi connectivity index (χ3n) is 3.05. The number of fused-ring (bicyclic) bond motifs is 1. The summed E-state index contributed by atoms with van der Waals surface area (Å²) < 4.78 is 5.30. The third-order valence-corrected chi connectivity index (χ3v) is 3.05. The number of amides is 2. The van der Waals surface area contributed by atoms with Crippen molar-refractivity contribution in [2.45, 2.75) is 0 Å². The van der Waals surface area contributed by atoms with Crippen molar-refractivity contribution in [2.24, 2.45) is 0 Å². The summed E-state index contributed by atoms with van der Waals surface area (Å²) >= 11 is 0. The van der Waals surface area contributed by atoms with Crippen LogP contribution in [0.1, 0.15) is 10.4 Å². The fourth-order valence-electron chi connectivity index (χ4n) is 2.08. The van der Waals surface area contributed by atoms with E-state index >= 15 is 0 Å². The molecule has 0 fully saturated rings. The maximum atomic E-state index is 12.2. The lowest BCUT2D eigenvalue weighted by molar-refractivity contribution is -0.118. The van der Waals surface area contributed by atoms with E-state index in [1.54, 1.807) is 42.5 Å². The fourth-order valence-corrected chi connectivity index (χ4v) is 2.08. The van der Waals surface area contributed by atoms with Crippen LogP contribution in [0.4, 0.5) is 17.1 Å². The standard InChI is InChI=1S/C15H13N3O3/c16-10-4-1-3-9(7-10)15(20)17-11-5-2-6-12-14(11)18-13(19)8-21-12/h1-7H,8,16H2,(H,17,20)(H,18,19). The minimum atomic E-state index is -0.310. The van der Waals surface area contributed by atoms with E-state index in [1.807, 2.05) is 0 Å². The highest BCUT2D eigenvalue weighted by Gasteiger charge is 2.20. The smallest absolute Gasteiger partial charge is 0.262 e. The summed E-state index contributed by atoms with van der Waals surface area (Å²) in [5.41, 5.74) is 7.55. The lowest BCUT2D eigenvalue weighted by Gasteiger charge is -2.20. The monoisotopic (exact) mass is 283 g/mol. The van der Waals surface area contributed by atoms with Crippen molar-refractivity contribution in [3.63, 3.8) is 0 Å². The van der Waals surface area contributed by atoms with Gasteiger partial charge in [0.2, 0.25) is 0 Å². The highest BCUT2D eigenvalue weighted by Crippen LogP contribution is 2.34. The van der Waals surface area contributed by atoms with E-state index in [0.717, 1.165) is 0 Å². The van der Waals surface area contributed by atoms with Crippen LogP contribution in [0.3, 0.4) is 0 Å². The van der Waals surface area contributed by atoms with Crippen LogP contribution in [0.5, 0.6) is 5.75 Å². The van der Waals surface area contributed by atoms with Crippen molar-refractivity contribution in [1.29, 1.82) is 0 Å². The summed E-state index contributed by atoms with van der Waals surface area (Å²) in [6.45, 7) is -0.0282. The normalized spacial score (nSPS) is 12.9. The van der Waals surface area contributed by atoms with Gasteiger partial charge in [0.25, 0.3) is 11.8 Å². The topological polar surface area (TPSA) is 93.5 Å². The van der Waals surface area contributed by atoms with Gasteiger partial charge in [-0.3, -0.25) is 9.59 Å². The van der Waals surface area contributed by atoms with Crippen LogP contribution in [-0.4, -0.2) is 18.4 Å². The SMILES string of the molecule is Nc1cccc(C(=O)Nc2cccc3c2NC(=O)CO3)c1. The van der Waals surface area contributed by atoms with Crippen LogP contribution in [0, 0.1) is 0 Å². The summed E-state index contributed by atoms with van der Waals surface area (Å²) in [7, 11) is 0. The maximum Gasteiger partial charge on any atom is 0.262 e. The number of nitrogens with one attached hydrogen (secondary N) is 2. The molecule has 0 aliphatic carbocycles. The molecule has 0 spiro atoms. The zero-order valence-corrected chi connectivity index (χ0v) is 11.1. The summed E-state index contributed by atoms with van der Waals surface area (Å²) in [5.74, 6) is -0.0383. The Morgan fingerprint density at radius 1 is 1.24 bits per heavy atom. The van der Waals surface area contributed by atoms with Crippen LogP contribution in [-0.2, 0) is 4.79 Å². The van der Waals surface area contributed by atoms with Crippen LogP contribution in [0.2, 0.25) is 0 Å². The number of carbonyl (C=O) groups excluding carboxylic acids is 2. The molecule has 4 N–H and O–H groups in total. The van der Waals surface area contributed by atoms with Gasteiger partial charge in [-0.25, -0.2) is 0 Å². The Hall–Kier alpha value is -3.02. The number of para-hydroxylation sites is 1. The number of anilines is 3. The molecule has 2 aromatic carbocycles. The lowest BCUT2D eigenvalue weighted by atomic mass is 10.1. The highest BCUT2D eigenvalue weighted by molar-refractivity contribution is 6.09. The number of nitrogens with two attached hydrogens (primary N) is 1. The van der Waals surface area contributed by atoms with Gasteiger partial charge in [-0.15, -0.1) is 0 Å². The Morgan fingerprint density at radius 2 is 2.05 bits per heavy atom. The minimum absolute atomic E-state index is 0.0282. The largest absolute Gasteiger partial charge is 0.481 e. The van der Waals surface area contributed by atoms with Gasteiger partial charge < -0.3 is 21.1 Å². The second-order valence-electron chi connectivity index (χ2n) is 4.60. The van der Waals surface area contributed by atoms with Gasteiger partial charge in [0, 0.05) is 11.3 Å². The molecule has 6 nitrogen and oxygen atoms in total. The van der Waals surface area contributed by atoms with Gasteiger partial charge in [-0.1, -0.05) is 12.1 Å². The van der Waals surface area contributed by atoms with Gasteiger partial charge in [0.1, 0.15) is 11.4 Å². The molecule has 1 aliphatic heterocycles. The molecule has 1 aliphatic rings. The first-order valence-corrected chi connectivity index (χ1v) is 6.36. The Balaban J connectivity index is 1.89. The quantitative estimate of drug-likeness (QED) is 0.733. The Labute approximate surface area is 120 Å². The van der Waals surface area contributed by atoms with Gasteiger partial charge in [0.05, 0.1) is 5.69 Å². The van der Waals surface area contributed by atoms with Crippen molar-refractivity contribution < 1.29 is 14.3 Å². The molecular formula is C15H13N3O3. The molecular weight excluding hydrogens is 270 g/mol. The van der Waals surface area contributed by atoms with Crippen LogP contribution in [0.15, 0.2) is 42.5 Å². The molecule has 21 heavy (non-hydrogen) atoms. The van der Waals surface area contributed by atoms with Crippen LogP contribution < -0.4 is 21.1 Å². The predicted molar refractivity (Wildman–Crippen MR) is 79.4 cm³/mol. The highest BCUT2D eigenvalue weighted by atomic mass is 16.5. The molecule has 0 aromatic heterocycles. The Morgan fingerprint density at radius 3 is 2.86 bits per heavy atom. The van der Waals surface area contributed by atoms with Crippen LogP contribution in [0.25, 0.3) is 0 Å². The molecule has 0 unspecified atom stereocenters. The second kappa shape index (κ2) is 5.16. The molecule has 0 atom stereocenters. The van der Waals surface area contributed by atoms with E-state index in [9.17, 15) is 9.59 Å². The first-order chi connectivity index (χ1) is 10.1. The first-order valence-electron chi connectivity index (χ1n) is 6.36. The molecule has 0 radical (unpaired) electrons. The summed E-state index contributed by atoms with van der Waals surface area (Å²) in [4.78, 5) is 23.6. The van der Waals surface area contributed by atoms with E-state index in [0.29, 0.717) is 28.4 Å². The Kier molecular flexibility index (Phi) is 3.19. The van der Waals surface area contributed by atoms with E-state index in [1.165, 1.54) is 0 Å². The molecule has 2 amide bonds. The zero-order valence-electron chi connectivity index (χ0n) is 11.1. The molecule has 6 heteroatoms. The number of hydrogen-bond acceptors (Lipinski definition) is 4. The van der Waals surface area contributed by atoms with E-state index < -0.39 is 0 Å². The first kappa shape index (κ1) is 13.0. The van der Waals surface area contributed by atoms with E-state index in [2.05, 4.69) is 10.6 Å². The second-order valence-corrected chi connectivity index (χ2v) is 4.60. The average Bonchev–Trinajstić information content (AvgIpc) is 2.48. The van der Waals surface area contributed by atoms with Gasteiger partial charge in [-0.05, 0) is 30.3 Å². The zero-order chi connectivity index (χ0) is 14.8. The molecule has 0 saturated heterocycles. The number of rotatable bonds is 2. The molecule has 0 bridgehead atoms. The van der Waals surface area contributed by atoms with E-state index in [-0.39, 0.29) is 18.4 Å². The fraction of sp³-hybridized carbons (Fsp3) is 0.0667. The molecule has 2 aromatic rings. The van der Waals surface area contributed by atoms with Gasteiger partial charge in [-0.2, -0.15) is 0 Å². The van der Waals surface area contributed by atoms with Crippen molar-refractivity contribution in [1.82, 2.24) is 0 Å². The number of ether oxygens (including phenoxy) is 1. The lowest BCUT2D eigenvalue weighted by Crippen LogP contribution is -2.26. The van der Waals surface area contributed by atoms with Gasteiger partial charge in [0.15, 0.2) is 6.61 Å². The van der Waals surface area contributed by atoms with Crippen molar-refractivity contribution in [3.8, 4) is 5.75 Å². The maximum absolute atomic E-state index is 12.2. The minimum Gasteiger partial charge on any atom is -0.481 e. The van der Waals surface area contributed by atoms with Crippen molar-refractivity contribution >= 4 is 28.9 Å². The third kappa shape index (κ3) is 2.64. The van der Waals surface area contributed by atoms with Crippen LogP contribution >= 0.6 is 0 Å². The molecule has 1 heterocycles. The number of carbonyl (C=O) groups is 2. The average molecular weight is 283 g/mol. The number of hydrogen-bond donors (Lipinski definition) is 3. The predicted octanol–water partition coefficient (Wildman–Crippen LogP) is 1.85. The summed E-state index contributed by atoms with van der Waals surface area (Å²) in [6.07, 6.45) is 0. The van der Waals surface area contributed by atoms with E-state index in [4.69, 9.17) is 10.5 Å². The van der Waals surface area contributed by atoms with Crippen molar-refractivity contribution in [3.05, 3.63) is 48.0 Å². The molecule has 3 rings (SSSR count). The van der Waals surface area contributed by atoms with Crippen molar-refractivity contribution in [2.75, 3.05) is 23.0 Å². The summed E-state index contributed by atoms with van der Waals surface area (Å²) in [6, 6.07) is 11.8. The summed E-state index contributed by atoms with van der Waals surface area (Å²) in [5, 5.41) is 5.44. The number of nitrogen functional groups attached to an aromatic ring is 1. The molecule has 0 saturated carbocycles.